The van der Waals surface area contributed by atoms with E-state index in [1.165, 1.54) is 10.5 Å². The minimum absolute atomic E-state index is 0.0581. The number of carbonyl (C=O) groups excluding carboxylic acids is 1. The molecule has 3 atom stereocenters. The second-order valence-electron chi connectivity index (χ2n) is 8.39. The van der Waals surface area contributed by atoms with E-state index in [0.29, 0.717) is 38.6 Å². The summed E-state index contributed by atoms with van der Waals surface area (Å²) in [5.74, 6) is -0.791. The highest BCUT2D eigenvalue weighted by molar-refractivity contribution is 7.59. The number of hydrogen-bond donors (Lipinski definition) is 3. The molecular formula is C23H32N3O5P. The Hall–Kier alpha value is -2.44. The lowest BCUT2D eigenvalue weighted by Gasteiger charge is -2.29. The predicted octanol–water partition coefficient (Wildman–Crippen LogP) is 3.47. The highest BCUT2D eigenvalue weighted by Gasteiger charge is 2.43. The first-order valence-electron chi connectivity index (χ1n) is 11.3. The zero-order valence-corrected chi connectivity index (χ0v) is 19.1. The van der Waals surface area contributed by atoms with E-state index in [1.807, 2.05) is 30.3 Å². The van der Waals surface area contributed by atoms with Gasteiger partial charge in [0, 0.05) is 31.5 Å². The van der Waals surface area contributed by atoms with E-state index < -0.39 is 30.9 Å². The first-order chi connectivity index (χ1) is 15.4. The van der Waals surface area contributed by atoms with Crippen LogP contribution in [0.3, 0.4) is 0 Å². The first-order valence-corrected chi connectivity index (χ1v) is 13.2. The van der Waals surface area contributed by atoms with Gasteiger partial charge in [-0.1, -0.05) is 30.3 Å². The maximum atomic E-state index is 13.3. The molecule has 2 heterocycles. The SMILES string of the molecule is O=C(O)[C@@H]1CCCN1C(=O)C(CCCc1ncc[nH]1)P(=O)(O)CCCCc1ccccc1. The molecular weight excluding hydrogens is 429 g/mol. The molecule has 0 spiro atoms. The number of carbonyl (C=O) groups is 2. The second-order valence-corrected chi connectivity index (χ2v) is 11.0. The van der Waals surface area contributed by atoms with Crippen molar-refractivity contribution >= 4 is 19.2 Å². The van der Waals surface area contributed by atoms with Crippen LogP contribution < -0.4 is 0 Å². The zero-order chi connectivity index (χ0) is 23.0. The molecule has 1 aromatic heterocycles. The van der Waals surface area contributed by atoms with Gasteiger partial charge in [-0.25, -0.2) is 9.78 Å². The molecule has 3 rings (SSSR count). The maximum Gasteiger partial charge on any atom is 0.326 e. The number of rotatable bonds is 12. The molecule has 0 bridgehead atoms. The number of aliphatic carboxylic acids is 1. The number of carboxylic acids is 1. The van der Waals surface area contributed by atoms with Crippen molar-refractivity contribution in [2.75, 3.05) is 12.7 Å². The van der Waals surface area contributed by atoms with Crippen LogP contribution in [0.1, 0.15) is 49.9 Å². The average molecular weight is 461 g/mol. The van der Waals surface area contributed by atoms with Gasteiger partial charge in [-0.3, -0.25) is 9.36 Å². The summed E-state index contributed by atoms with van der Waals surface area (Å²) in [5.41, 5.74) is 0.0989. The number of H-pyrrole nitrogens is 1. The molecule has 9 heteroatoms. The van der Waals surface area contributed by atoms with E-state index in [4.69, 9.17) is 0 Å². The number of benzene rings is 1. The molecule has 0 aliphatic carbocycles. The summed E-state index contributed by atoms with van der Waals surface area (Å²) in [6.07, 6.45) is 7.80. The summed E-state index contributed by atoms with van der Waals surface area (Å²) >= 11 is 0. The number of likely N-dealkylation sites (tertiary alicyclic amines) is 1. The van der Waals surface area contributed by atoms with E-state index in [9.17, 15) is 24.2 Å². The summed E-state index contributed by atoms with van der Waals surface area (Å²) in [5, 5.41) is 9.46. The van der Waals surface area contributed by atoms with Crippen molar-refractivity contribution in [2.45, 2.75) is 63.1 Å². The number of imidazole rings is 1. The van der Waals surface area contributed by atoms with Gasteiger partial charge in [-0.2, -0.15) is 0 Å². The van der Waals surface area contributed by atoms with Crippen molar-refractivity contribution in [3.05, 3.63) is 54.1 Å². The minimum Gasteiger partial charge on any atom is -0.480 e. The van der Waals surface area contributed by atoms with E-state index in [1.54, 1.807) is 12.4 Å². The monoisotopic (exact) mass is 461 g/mol. The summed E-state index contributed by atoms with van der Waals surface area (Å²) in [6, 6.07) is 9.03. The van der Waals surface area contributed by atoms with Crippen LogP contribution in [0.25, 0.3) is 0 Å². The zero-order valence-electron chi connectivity index (χ0n) is 18.2. The largest absolute Gasteiger partial charge is 0.480 e. The number of aromatic nitrogens is 2. The Balaban J connectivity index is 1.64. The molecule has 0 saturated carbocycles. The van der Waals surface area contributed by atoms with Gasteiger partial charge < -0.3 is 19.9 Å². The number of carboxylic acid groups (broad SMARTS) is 1. The lowest BCUT2D eigenvalue weighted by molar-refractivity contribution is -0.148. The van der Waals surface area contributed by atoms with Crippen LogP contribution in [0.15, 0.2) is 42.7 Å². The number of nitrogens with zero attached hydrogens (tertiary/aromatic N) is 2. The van der Waals surface area contributed by atoms with Crippen LogP contribution >= 0.6 is 7.37 Å². The molecule has 174 valence electrons. The lowest BCUT2D eigenvalue weighted by Crippen LogP contribution is -2.45. The van der Waals surface area contributed by atoms with E-state index in [0.717, 1.165) is 18.7 Å². The molecule has 1 aromatic carbocycles. The van der Waals surface area contributed by atoms with E-state index >= 15 is 0 Å². The Bertz CT molecular complexity index is 919. The number of hydrogen-bond acceptors (Lipinski definition) is 4. The third-order valence-corrected chi connectivity index (χ3v) is 8.49. The number of aromatic amines is 1. The Morgan fingerprint density at radius 1 is 1.19 bits per heavy atom. The molecule has 2 unspecified atom stereocenters. The van der Waals surface area contributed by atoms with Gasteiger partial charge in [0.25, 0.3) is 0 Å². The Morgan fingerprint density at radius 3 is 2.66 bits per heavy atom. The molecule has 1 saturated heterocycles. The van der Waals surface area contributed by atoms with Gasteiger partial charge in [0.15, 0.2) is 0 Å². The number of nitrogens with one attached hydrogen (secondary N) is 1. The second kappa shape index (κ2) is 11.4. The van der Waals surface area contributed by atoms with Gasteiger partial charge in [0.1, 0.15) is 17.5 Å². The fourth-order valence-corrected chi connectivity index (χ4v) is 6.41. The quantitative estimate of drug-likeness (QED) is 0.328. The van der Waals surface area contributed by atoms with Gasteiger partial charge in [0.05, 0.1) is 0 Å². The van der Waals surface area contributed by atoms with Crippen LogP contribution in [-0.4, -0.2) is 61.2 Å². The highest BCUT2D eigenvalue weighted by atomic mass is 31.2. The van der Waals surface area contributed by atoms with Crippen LogP contribution in [-0.2, 0) is 27.0 Å². The van der Waals surface area contributed by atoms with Gasteiger partial charge in [0.2, 0.25) is 13.3 Å². The summed E-state index contributed by atoms with van der Waals surface area (Å²) in [7, 11) is -3.81. The van der Waals surface area contributed by atoms with Crippen molar-refractivity contribution in [2.24, 2.45) is 0 Å². The van der Waals surface area contributed by atoms with Crippen molar-refractivity contribution in [1.29, 1.82) is 0 Å². The number of aryl methyl sites for hydroxylation is 2. The molecule has 1 aliphatic heterocycles. The third kappa shape index (κ3) is 6.53. The van der Waals surface area contributed by atoms with Crippen LogP contribution in [0.2, 0.25) is 0 Å². The third-order valence-electron chi connectivity index (χ3n) is 6.08. The summed E-state index contributed by atoms with van der Waals surface area (Å²) in [4.78, 5) is 44.2. The maximum absolute atomic E-state index is 13.3. The van der Waals surface area contributed by atoms with E-state index in [-0.39, 0.29) is 12.6 Å². The average Bonchev–Trinajstić information content (AvgIpc) is 3.47. The van der Waals surface area contributed by atoms with E-state index in [2.05, 4.69) is 9.97 Å². The predicted molar refractivity (Wildman–Crippen MR) is 122 cm³/mol. The molecule has 8 nitrogen and oxygen atoms in total. The molecule has 1 aliphatic rings. The Kier molecular flexibility index (Phi) is 8.65. The summed E-state index contributed by atoms with van der Waals surface area (Å²) in [6.45, 7) is 0.318. The van der Waals surface area contributed by atoms with Crippen molar-refractivity contribution in [3.63, 3.8) is 0 Å². The normalized spacial score (nSPS) is 18.9. The fourth-order valence-electron chi connectivity index (χ4n) is 4.34. The minimum atomic E-state index is -3.81. The number of amides is 1. The first kappa shape index (κ1) is 24.2. The molecule has 32 heavy (non-hydrogen) atoms. The van der Waals surface area contributed by atoms with Crippen molar-refractivity contribution in [3.8, 4) is 0 Å². The smallest absolute Gasteiger partial charge is 0.326 e. The number of unbranched alkanes of at least 4 members (excludes halogenated alkanes) is 1. The Labute approximate surface area is 188 Å². The van der Waals surface area contributed by atoms with Crippen molar-refractivity contribution < 1.29 is 24.2 Å². The highest BCUT2D eigenvalue weighted by Crippen LogP contribution is 2.50. The Morgan fingerprint density at radius 2 is 1.97 bits per heavy atom. The molecule has 1 amide bonds. The molecule has 2 aromatic rings. The molecule has 3 N–H and O–H groups in total. The fraction of sp³-hybridized carbons (Fsp3) is 0.522. The van der Waals surface area contributed by atoms with Crippen LogP contribution in [0, 0.1) is 0 Å². The van der Waals surface area contributed by atoms with Crippen LogP contribution in [0.4, 0.5) is 0 Å². The lowest BCUT2D eigenvalue weighted by atomic mass is 10.1. The summed E-state index contributed by atoms with van der Waals surface area (Å²) < 4.78 is 13.3. The standard InChI is InChI=1S/C23H32N3O5P/c27-22(26-16-7-11-19(26)23(28)29)20(12-6-13-21-24-14-15-25-21)32(30,31)17-5-4-10-18-8-2-1-3-9-18/h1-3,8-9,14-15,19-20H,4-7,10-13,16-17H2,(H,24,25)(H,28,29)(H,30,31)/t19-,20?/m0/s1. The van der Waals surface area contributed by atoms with Crippen LogP contribution in [0.5, 0.6) is 0 Å². The van der Waals surface area contributed by atoms with Gasteiger partial charge >= 0.3 is 5.97 Å². The van der Waals surface area contributed by atoms with Crippen molar-refractivity contribution in [1.82, 2.24) is 14.9 Å². The van der Waals surface area contributed by atoms with Gasteiger partial charge in [-0.05, 0) is 50.5 Å². The molecule has 0 radical (unpaired) electrons. The topological polar surface area (TPSA) is 124 Å². The molecule has 1 fully saturated rings. The van der Waals surface area contributed by atoms with Gasteiger partial charge in [-0.15, -0.1) is 0 Å².